The third-order valence-electron chi connectivity index (χ3n) is 2.28. The second kappa shape index (κ2) is 7.21. The molecular weight excluding hydrogens is 223 g/mol. The number of aliphatic hydroxyl groups is 1. The van der Waals surface area contributed by atoms with Gasteiger partial charge in [0.15, 0.2) is 11.6 Å². The molecule has 17 heavy (non-hydrogen) atoms. The van der Waals surface area contributed by atoms with Crippen molar-refractivity contribution in [3.8, 4) is 5.75 Å². The van der Waals surface area contributed by atoms with Gasteiger partial charge in [-0.15, -0.1) is 0 Å². The number of hydrogen-bond acceptors (Lipinski definition) is 4. The Morgan fingerprint density at radius 2 is 2.29 bits per heavy atom. The van der Waals surface area contributed by atoms with Crippen molar-refractivity contribution < 1.29 is 14.2 Å². The summed E-state index contributed by atoms with van der Waals surface area (Å²) < 4.78 is 18.6. The van der Waals surface area contributed by atoms with Crippen molar-refractivity contribution in [3.05, 3.63) is 29.6 Å². The number of aliphatic hydroxyl groups excluding tert-OH is 1. The van der Waals surface area contributed by atoms with Crippen LogP contribution in [-0.2, 0) is 6.54 Å². The van der Waals surface area contributed by atoms with Crippen LogP contribution in [0.1, 0.15) is 12.5 Å². The van der Waals surface area contributed by atoms with Gasteiger partial charge in [-0.2, -0.15) is 0 Å². The third kappa shape index (κ3) is 4.68. The normalized spacial score (nSPS) is 12.5. The van der Waals surface area contributed by atoms with Crippen LogP contribution < -0.4 is 15.8 Å². The Morgan fingerprint density at radius 1 is 1.53 bits per heavy atom. The van der Waals surface area contributed by atoms with E-state index in [1.807, 2.05) is 6.92 Å². The number of nitrogens with two attached hydrogens (primary N) is 1. The fourth-order valence-electron chi connectivity index (χ4n) is 1.39. The summed E-state index contributed by atoms with van der Waals surface area (Å²) in [7, 11) is 0. The summed E-state index contributed by atoms with van der Waals surface area (Å²) in [6.45, 7) is 3.34. The van der Waals surface area contributed by atoms with E-state index in [4.69, 9.17) is 10.5 Å². The van der Waals surface area contributed by atoms with Gasteiger partial charge in [-0.3, -0.25) is 0 Å². The zero-order valence-electron chi connectivity index (χ0n) is 9.95. The fraction of sp³-hybridized carbons (Fsp3) is 0.500. The van der Waals surface area contributed by atoms with Crippen LogP contribution in [0.4, 0.5) is 4.39 Å². The molecule has 0 aliphatic heterocycles. The van der Waals surface area contributed by atoms with Gasteiger partial charge in [-0.05, 0) is 24.6 Å². The number of hydrogen-bond donors (Lipinski definition) is 3. The molecule has 0 spiro atoms. The lowest BCUT2D eigenvalue weighted by molar-refractivity contribution is 0.179. The molecule has 1 aromatic carbocycles. The third-order valence-corrected chi connectivity index (χ3v) is 2.28. The minimum atomic E-state index is -0.567. The number of benzene rings is 1. The molecule has 5 heteroatoms. The molecule has 1 aromatic rings. The van der Waals surface area contributed by atoms with Gasteiger partial charge in [0.1, 0.15) is 0 Å². The van der Waals surface area contributed by atoms with E-state index in [1.165, 1.54) is 6.07 Å². The molecule has 96 valence electrons. The Labute approximate surface area is 101 Å². The Balaban J connectivity index is 2.47. The zero-order valence-corrected chi connectivity index (χ0v) is 9.95. The maximum atomic E-state index is 13.5. The molecule has 0 bridgehead atoms. The molecule has 0 aromatic heterocycles. The van der Waals surface area contributed by atoms with Crippen molar-refractivity contribution in [1.29, 1.82) is 0 Å². The van der Waals surface area contributed by atoms with Crippen molar-refractivity contribution in [2.75, 3.05) is 19.7 Å². The van der Waals surface area contributed by atoms with Crippen molar-refractivity contribution in [3.63, 3.8) is 0 Å². The first-order valence-corrected chi connectivity index (χ1v) is 5.67. The van der Waals surface area contributed by atoms with Crippen LogP contribution in [0, 0.1) is 5.82 Å². The van der Waals surface area contributed by atoms with Gasteiger partial charge in [0.05, 0.1) is 12.7 Å². The van der Waals surface area contributed by atoms with Gasteiger partial charge in [0.2, 0.25) is 0 Å². The highest BCUT2D eigenvalue weighted by Gasteiger charge is 2.05. The summed E-state index contributed by atoms with van der Waals surface area (Å²) in [6, 6.07) is 4.82. The number of rotatable bonds is 7. The van der Waals surface area contributed by atoms with Crippen LogP contribution in [0.5, 0.6) is 5.75 Å². The van der Waals surface area contributed by atoms with Crippen molar-refractivity contribution in [2.24, 2.45) is 5.73 Å². The lowest BCUT2D eigenvalue weighted by Crippen LogP contribution is -2.32. The van der Waals surface area contributed by atoms with Crippen LogP contribution >= 0.6 is 0 Å². The minimum Gasteiger partial charge on any atom is -0.491 e. The van der Waals surface area contributed by atoms with E-state index in [-0.39, 0.29) is 18.1 Å². The quantitative estimate of drug-likeness (QED) is 0.656. The summed E-state index contributed by atoms with van der Waals surface area (Å²) >= 11 is 0. The molecule has 4 nitrogen and oxygen atoms in total. The summed E-state index contributed by atoms with van der Waals surface area (Å²) in [4.78, 5) is 0. The highest BCUT2D eigenvalue weighted by molar-refractivity contribution is 5.29. The average molecular weight is 242 g/mol. The molecule has 0 saturated carbocycles. The minimum absolute atomic E-state index is 0.213. The number of halogens is 1. The Bertz CT molecular complexity index is 347. The summed E-state index contributed by atoms with van der Waals surface area (Å²) in [5, 5.41) is 12.2. The first kappa shape index (κ1) is 13.9. The standard InChI is InChI=1S/C12H19FN2O2/c1-2-17-12-4-3-9(5-11(12)13)7-15-8-10(16)6-14/h3-5,10,15-16H,2,6-8,14H2,1H3. The van der Waals surface area contributed by atoms with Crippen LogP contribution in [-0.4, -0.2) is 30.9 Å². The SMILES string of the molecule is CCOc1ccc(CNCC(O)CN)cc1F. The topological polar surface area (TPSA) is 67.5 Å². The highest BCUT2D eigenvalue weighted by atomic mass is 19.1. The lowest BCUT2D eigenvalue weighted by atomic mass is 10.2. The van der Waals surface area contributed by atoms with Gasteiger partial charge in [0.25, 0.3) is 0 Å². The predicted octanol–water partition coefficient (Wildman–Crippen LogP) is 0.634. The van der Waals surface area contributed by atoms with Crippen LogP contribution in [0.2, 0.25) is 0 Å². The van der Waals surface area contributed by atoms with E-state index in [2.05, 4.69) is 5.32 Å². The molecule has 0 heterocycles. The van der Waals surface area contributed by atoms with E-state index in [0.29, 0.717) is 19.7 Å². The van der Waals surface area contributed by atoms with Gasteiger partial charge in [0, 0.05) is 19.6 Å². The van der Waals surface area contributed by atoms with Gasteiger partial charge in [-0.25, -0.2) is 4.39 Å². The molecule has 0 fully saturated rings. The van der Waals surface area contributed by atoms with E-state index in [1.54, 1.807) is 12.1 Å². The van der Waals surface area contributed by atoms with E-state index < -0.39 is 6.10 Å². The molecule has 1 atom stereocenters. The van der Waals surface area contributed by atoms with Gasteiger partial charge < -0.3 is 20.9 Å². The van der Waals surface area contributed by atoms with E-state index >= 15 is 0 Å². The first-order valence-electron chi connectivity index (χ1n) is 5.67. The van der Waals surface area contributed by atoms with Crippen molar-refractivity contribution in [2.45, 2.75) is 19.6 Å². The monoisotopic (exact) mass is 242 g/mol. The van der Waals surface area contributed by atoms with Gasteiger partial charge >= 0.3 is 0 Å². The summed E-state index contributed by atoms with van der Waals surface area (Å²) in [5.41, 5.74) is 6.06. The number of nitrogens with one attached hydrogen (secondary N) is 1. The highest BCUT2D eigenvalue weighted by Crippen LogP contribution is 2.18. The smallest absolute Gasteiger partial charge is 0.165 e. The predicted molar refractivity (Wildman–Crippen MR) is 64.3 cm³/mol. The first-order chi connectivity index (χ1) is 8.17. The fourth-order valence-corrected chi connectivity index (χ4v) is 1.39. The van der Waals surface area contributed by atoms with Crippen LogP contribution in [0.3, 0.4) is 0 Å². The average Bonchev–Trinajstić information content (AvgIpc) is 2.32. The number of ether oxygens (including phenoxy) is 1. The summed E-state index contributed by atoms with van der Waals surface area (Å²) in [5.74, 6) is -0.108. The molecule has 0 amide bonds. The maximum absolute atomic E-state index is 13.5. The van der Waals surface area contributed by atoms with Gasteiger partial charge in [-0.1, -0.05) is 6.07 Å². The molecular formula is C12H19FN2O2. The van der Waals surface area contributed by atoms with Crippen molar-refractivity contribution >= 4 is 0 Å². The summed E-state index contributed by atoms with van der Waals surface area (Å²) in [6.07, 6.45) is -0.567. The molecule has 0 aliphatic rings. The van der Waals surface area contributed by atoms with Crippen LogP contribution in [0.15, 0.2) is 18.2 Å². The Kier molecular flexibility index (Phi) is 5.90. The Hall–Kier alpha value is -1.17. The molecule has 0 saturated heterocycles. The second-order valence-corrected chi connectivity index (χ2v) is 3.72. The largest absolute Gasteiger partial charge is 0.491 e. The second-order valence-electron chi connectivity index (χ2n) is 3.72. The zero-order chi connectivity index (χ0) is 12.7. The van der Waals surface area contributed by atoms with Crippen molar-refractivity contribution in [1.82, 2.24) is 5.32 Å². The van der Waals surface area contributed by atoms with E-state index in [0.717, 1.165) is 5.56 Å². The van der Waals surface area contributed by atoms with Crippen LogP contribution in [0.25, 0.3) is 0 Å². The van der Waals surface area contributed by atoms with E-state index in [9.17, 15) is 9.50 Å². The molecule has 4 N–H and O–H groups in total. The maximum Gasteiger partial charge on any atom is 0.165 e. The molecule has 1 unspecified atom stereocenters. The molecule has 0 aliphatic carbocycles. The molecule has 1 rings (SSSR count). The molecule has 0 radical (unpaired) electrons. The lowest BCUT2D eigenvalue weighted by Gasteiger charge is -2.10. The Morgan fingerprint density at radius 3 is 2.88 bits per heavy atom.